The minimum atomic E-state index is -4.59. The maximum Gasteiger partial charge on any atom is 0.416 e. The first-order valence-corrected chi connectivity index (χ1v) is 8.31. The van der Waals surface area contributed by atoms with Gasteiger partial charge in [0.25, 0.3) is 0 Å². The van der Waals surface area contributed by atoms with E-state index in [4.69, 9.17) is 16.7 Å². The molecule has 1 aliphatic rings. The van der Waals surface area contributed by atoms with Gasteiger partial charge in [-0.25, -0.2) is 9.98 Å². The second kappa shape index (κ2) is 6.90. The molecule has 1 aromatic heterocycles. The van der Waals surface area contributed by atoms with Crippen LogP contribution in [0.5, 0.6) is 0 Å². The molecule has 6 N–H and O–H groups in total. The van der Waals surface area contributed by atoms with Crippen molar-refractivity contribution in [2.24, 2.45) is 4.99 Å². The summed E-state index contributed by atoms with van der Waals surface area (Å²) in [6.07, 6.45) is -2.92. The summed E-state index contributed by atoms with van der Waals surface area (Å²) in [5.74, 6) is -0.127. The van der Waals surface area contributed by atoms with Crippen molar-refractivity contribution < 1.29 is 13.2 Å². The molecule has 142 valence electrons. The lowest BCUT2D eigenvalue weighted by Crippen LogP contribution is -2.32. The van der Waals surface area contributed by atoms with E-state index in [1.165, 1.54) is 6.07 Å². The summed E-state index contributed by atoms with van der Waals surface area (Å²) in [6.45, 7) is 0. The number of nitrogens with two attached hydrogens (primary N) is 2. The van der Waals surface area contributed by atoms with Gasteiger partial charge in [0, 0.05) is 10.0 Å². The third-order valence-corrected chi connectivity index (χ3v) is 4.38. The maximum atomic E-state index is 13.2. The highest BCUT2D eigenvalue weighted by Gasteiger charge is 2.34. The molecular weight excluding hydrogens is 441 g/mol. The molecule has 2 aromatic rings. The second-order valence-electron chi connectivity index (χ2n) is 5.67. The fraction of sp³-hybridized carbons (Fsp3) is 0.125. The summed E-state index contributed by atoms with van der Waals surface area (Å²) in [7, 11) is 0. The molecule has 28 heavy (non-hydrogen) atoms. The first-order valence-electron chi connectivity index (χ1n) is 7.52. The van der Waals surface area contributed by atoms with Crippen LogP contribution in [0.15, 0.2) is 27.7 Å². The highest BCUT2D eigenvalue weighted by molar-refractivity contribution is 9.10. The molecule has 1 atom stereocenters. The van der Waals surface area contributed by atoms with Crippen LogP contribution in [0.25, 0.3) is 0 Å². The van der Waals surface area contributed by atoms with E-state index in [1.54, 1.807) is 6.19 Å². The number of nitrogens with one attached hydrogen (secondary N) is 2. The van der Waals surface area contributed by atoms with Gasteiger partial charge in [-0.2, -0.15) is 23.7 Å². The van der Waals surface area contributed by atoms with Gasteiger partial charge in [0.1, 0.15) is 29.3 Å². The number of nitrogen functional groups attached to an aromatic ring is 2. The summed E-state index contributed by atoms with van der Waals surface area (Å²) >= 11 is 3.06. The predicted octanol–water partition coefficient (Wildman–Crippen LogP) is 2.84. The number of guanidine groups is 1. The Kier molecular flexibility index (Phi) is 4.75. The summed E-state index contributed by atoms with van der Waals surface area (Å²) in [6, 6.07) is 4.04. The average Bonchev–Trinajstić information content (AvgIpc) is 2.60. The van der Waals surface area contributed by atoms with E-state index in [-0.39, 0.29) is 44.4 Å². The van der Waals surface area contributed by atoms with Crippen molar-refractivity contribution in [3.05, 3.63) is 44.9 Å². The Bertz CT molecular complexity index is 1080. The first-order chi connectivity index (χ1) is 13.2. The second-order valence-corrected chi connectivity index (χ2v) is 6.59. The van der Waals surface area contributed by atoms with Crippen LogP contribution >= 0.6 is 15.9 Å². The molecule has 0 saturated carbocycles. The zero-order valence-electron chi connectivity index (χ0n) is 13.8. The lowest BCUT2D eigenvalue weighted by Gasteiger charge is -2.26. The molecule has 2 heterocycles. The van der Waals surface area contributed by atoms with Gasteiger partial charge in [-0.05, 0) is 23.8 Å². The Labute approximate surface area is 164 Å². The molecule has 1 unspecified atom stereocenters. The average molecular weight is 451 g/mol. The van der Waals surface area contributed by atoms with Crippen molar-refractivity contribution in [2.45, 2.75) is 12.2 Å². The lowest BCUT2D eigenvalue weighted by molar-refractivity contribution is -0.137. The van der Waals surface area contributed by atoms with Gasteiger partial charge in [-0.1, -0.05) is 15.9 Å². The molecule has 0 fully saturated rings. The number of aliphatic imine (C=N–C) groups is 1. The highest BCUT2D eigenvalue weighted by Crippen LogP contribution is 2.42. The maximum absolute atomic E-state index is 13.2. The Balaban J connectivity index is 2.28. The van der Waals surface area contributed by atoms with Crippen LogP contribution < -0.4 is 22.1 Å². The van der Waals surface area contributed by atoms with Crippen LogP contribution in [-0.4, -0.2) is 10.9 Å². The molecule has 12 heteroatoms. The van der Waals surface area contributed by atoms with Gasteiger partial charge in [-0.3, -0.25) is 5.32 Å². The Morgan fingerprint density at radius 3 is 2.54 bits per heavy atom. The van der Waals surface area contributed by atoms with Gasteiger partial charge >= 0.3 is 6.18 Å². The van der Waals surface area contributed by atoms with Crippen LogP contribution in [0.1, 0.15) is 28.3 Å². The van der Waals surface area contributed by atoms with E-state index in [9.17, 15) is 18.4 Å². The highest BCUT2D eigenvalue weighted by atomic mass is 79.9. The Morgan fingerprint density at radius 1 is 1.21 bits per heavy atom. The molecule has 0 aliphatic carbocycles. The number of aromatic nitrogens is 1. The molecule has 1 aliphatic heterocycles. The quantitative estimate of drug-likeness (QED) is 0.385. The zero-order chi connectivity index (χ0) is 20.6. The largest absolute Gasteiger partial charge is 0.416 e. The van der Waals surface area contributed by atoms with Crippen molar-refractivity contribution in [1.29, 1.82) is 10.5 Å². The smallest absolute Gasteiger partial charge is 0.397 e. The number of nitrogens with zero attached hydrogens (tertiary/aromatic N) is 4. The van der Waals surface area contributed by atoms with Gasteiger partial charge in [0.05, 0.1) is 11.3 Å². The number of pyridine rings is 1. The topological polar surface area (TPSA) is 149 Å². The number of hydrogen-bond donors (Lipinski definition) is 4. The van der Waals surface area contributed by atoms with Crippen molar-refractivity contribution in [1.82, 2.24) is 10.3 Å². The van der Waals surface area contributed by atoms with E-state index in [0.29, 0.717) is 0 Å². The van der Waals surface area contributed by atoms with E-state index in [1.807, 2.05) is 6.07 Å². The molecule has 1 aromatic carbocycles. The predicted molar refractivity (Wildman–Crippen MR) is 98.6 cm³/mol. The number of halogens is 4. The van der Waals surface area contributed by atoms with Crippen molar-refractivity contribution in [2.75, 3.05) is 16.8 Å². The van der Waals surface area contributed by atoms with Crippen molar-refractivity contribution in [3.8, 4) is 12.3 Å². The summed E-state index contributed by atoms with van der Waals surface area (Å²) in [4.78, 5) is 8.27. The van der Waals surface area contributed by atoms with Crippen LogP contribution in [0, 0.1) is 22.8 Å². The Hall–Kier alpha value is -3.51. The number of alkyl halides is 3. The summed E-state index contributed by atoms with van der Waals surface area (Å²) in [5.41, 5.74) is 11.0. The monoisotopic (exact) mass is 450 g/mol. The third-order valence-electron chi connectivity index (χ3n) is 3.92. The van der Waals surface area contributed by atoms with Crippen molar-refractivity contribution >= 4 is 39.2 Å². The third kappa shape index (κ3) is 3.37. The Morgan fingerprint density at radius 2 is 1.93 bits per heavy atom. The number of anilines is 3. The molecule has 0 amide bonds. The molecule has 0 spiro atoms. The zero-order valence-corrected chi connectivity index (χ0v) is 15.4. The minimum Gasteiger partial charge on any atom is -0.397 e. The summed E-state index contributed by atoms with van der Waals surface area (Å²) in [5, 5.41) is 23.1. The first kappa shape index (κ1) is 19.3. The lowest BCUT2D eigenvalue weighted by atomic mass is 9.94. The van der Waals surface area contributed by atoms with E-state index in [0.717, 1.165) is 12.1 Å². The number of fused-ring (bicyclic) bond motifs is 1. The number of nitriles is 2. The van der Waals surface area contributed by atoms with Gasteiger partial charge in [0.15, 0.2) is 6.19 Å². The van der Waals surface area contributed by atoms with E-state index in [2.05, 4.69) is 36.5 Å². The molecule has 0 saturated heterocycles. The number of rotatable bonds is 1. The summed E-state index contributed by atoms with van der Waals surface area (Å²) < 4.78 is 39.9. The van der Waals surface area contributed by atoms with Crippen LogP contribution in [0.3, 0.4) is 0 Å². The van der Waals surface area contributed by atoms with E-state index < -0.39 is 17.8 Å². The van der Waals surface area contributed by atoms with E-state index >= 15 is 0 Å². The number of benzene rings is 1. The minimum absolute atomic E-state index is 0.0514. The fourth-order valence-electron chi connectivity index (χ4n) is 2.76. The molecule has 3 rings (SSSR count). The normalized spacial score (nSPS) is 15.5. The molecule has 0 bridgehead atoms. The molecular formula is C16H10BrF3N8. The van der Waals surface area contributed by atoms with Crippen LogP contribution in [0.2, 0.25) is 0 Å². The van der Waals surface area contributed by atoms with Gasteiger partial charge in [-0.15, -0.1) is 0 Å². The van der Waals surface area contributed by atoms with Crippen LogP contribution in [0.4, 0.5) is 30.5 Å². The van der Waals surface area contributed by atoms with Crippen LogP contribution in [-0.2, 0) is 6.18 Å². The van der Waals surface area contributed by atoms with Gasteiger partial charge in [0.2, 0.25) is 5.96 Å². The molecule has 8 nitrogen and oxygen atoms in total. The van der Waals surface area contributed by atoms with Gasteiger partial charge < -0.3 is 16.8 Å². The fourth-order valence-corrected chi connectivity index (χ4v) is 3.27. The standard InChI is InChI=1S/C16H10BrF3N8/c17-8-2-6(1-7(3-8)16(18,19)20)12-10-11(23)9(4-21)13(24)27-14(10)28-15(26-12)25-5-22/h1-3,12H,(H6,23,24,25,26,27,28). The van der Waals surface area contributed by atoms with Crippen molar-refractivity contribution in [3.63, 3.8) is 0 Å². The number of hydrogen-bond acceptors (Lipinski definition) is 8. The SMILES string of the molecule is N#CNC1=NC(c2cc(Br)cc(C(F)(F)F)c2)c2c(nc(N)c(C#N)c2N)N1. The molecule has 0 radical (unpaired) electrons.